The Kier molecular flexibility index (Phi) is 19.6. The first-order chi connectivity index (χ1) is 12.9. The highest BCUT2D eigenvalue weighted by molar-refractivity contribution is 9.11. The van der Waals surface area contributed by atoms with Gasteiger partial charge < -0.3 is 18.9 Å². The molecule has 0 saturated carbocycles. The summed E-state index contributed by atoms with van der Waals surface area (Å²) in [7, 11) is 6.42. The summed E-state index contributed by atoms with van der Waals surface area (Å²) in [6.07, 6.45) is 1.98. The number of alkyl halides is 1. The minimum absolute atomic E-state index is 0.538. The van der Waals surface area contributed by atoms with Crippen LogP contribution in [-0.2, 0) is 16.0 Å². The van der Waals surface area contributed by atoms with Gasteiger partial charge in [-0.3, -0.25) is 0 Å². The Morgan fingerprint density at radius 1 is 1.15 bits per heavy atom. The van der Waals surface area contributed by atoms with Gasteiger partial charge in [0.1, 0.15) is 11.5 Å². The van der Waals surface area contributed by atoms with Crippen LogP contribution in [0.4, 0.5) is 0 Å². The molecule has 1 aromatic rings. The fourth-order valence-electron chi connectivity index (χ4n) is 1.84. The lowest BCUT2D eigenvalue weighted by Crippen LogP contribution is -2.21. The first-order valence-electron chi connectivity index (χ1n) is 8.69. The molecule has 0 heterocycles. The summed E-state index contributed by atoms with van der Waals surface area (Å²) < 4.78 is 21.9. The van der Waals surface area contributed by atoms with Crippen LogP contribution in [0.3, 0.4) is 0 Å². The van der Waals surface area contributed by atoms with Crippen LogP contribution in [0, 0.1) is 0 Å². The van der Waals surface area contributed by atoms with E-state index in [9.17, 15) is 0 Å². The van der Waals surface area contributed by atoms with Gasteiger partial charge in [0.2, 0.25) is 0 Å². The molecule has 0 atom stereocenters. The van der Waals surface area contributed by atoms with E-state index in [4.69, 9.17) is 18.9 Å². The zero-order chi connectivity index (χ0) is 21.2. The van der Waals surface area contributed by atoms with E-state index < -0.39 is 0 Å². The van der Waals surface area contributed by atoms with Crippen molar-refractivity contribution >= 4 is 44.8 Å². The molecule has 4 nitrogen and oxygen atoms in total. The highest BCUT2D eigenvalue weighted by atomic mass is 79.9. The maximum atomic E-state index is 5.37. The van der Waals surface area contributed by atoms with Gasteiger partial charge in [-0.2, -0.15) is 0 Å². The van der Waals surface area contributed by atoms with Gasteiger partial charge in [0.25, 0.3) is 0 Å². The van der Waals surface area contributed by atoms with Crippen LogP contribution in [0.2, 0.25) is 0 Å². The molecule has 0 saturated heterocycles. The maximum absolute atomic E-state index is 5.37. The minimum Gasteiger partial charge on any atom is -0.497 e. The zero-order valence-electron chi connectivity index (χ0n) is 17.5. The van der Waals surface area contributed by atoms with E-state index in [-0.39, 0.29) is 0 Å². The van der Waals surface area contributed by atoms with E-state index in [0.29, 0.717) is 24.7 Å². The van der Waals surface area contributed by atoms with Crippen molar-refractivity contribution in [1.82, 2.24) is 0 Å². The average Bonchev–Trinajstić information content (AvgIpc) is 2.68. The van der Waals surface area contributed by atoms with Crippen molar-refractivity contribution in [2.24, 2.45) is 0 Å². The SMILES string of the molecule is C=C(Br)/C=C(\C)CBr.CC.CCOCc1cc(OC)c([B]OC)c(OC)c1. The van der Waals surface area contributed by atoms with Crippen LogP contribution in [0.1, 0.15) is 33.3 Å². The monoisotopic (exact) mass is 505 g/mol. The second kappa shape index (κ2) is 18.6. The Hall–Kier alpha value is -0.755. The fourth-order valence-corrected chi connectivity index (χ4v) is 2.39. The minimum atomic E-state index is 0.538. The van der Waals surface area contributed by atoms with Crippen LogP contribution in [0.5, 0.6) is 11.5 Å². The third-order valence-electron chi connectivity index (χ3n) is 2.93. The molecule has 0 spiro atoms. The number of halogens is 2. The van der Waals surface area contributed by atoms with Crippen molar-refractivity contribution in [3.63, 3.8) is 0 Å². The van der Waals surface area contributed by atoms with Crippen molar-refractivity contribution in [3.05, 3.63) is 40.4 Å². The summed E-state index contributed by atoms with van der Waals surface area (Å²) in [5, 5.41) is 0.914. The lowest BCUT2D eigenvalue weighted by atomic mass is 9.85. The van der Waals surface area contributed by atoms with E-state index in [0.717, 1.165) is 20.8 Å². The Bertz CT molecular complexity index is 538. The molecule has 0 amide bonds. The summed E-state index contributed by atoms with van der Waals surface area (Å²) in [6.45, 7) is 12.9. The standard InChI is InChI=1S/C12H18BO4.C6H8Br2.C2H6/c1-5-17-8-9-6-10(14-2)12(13-16-4)11(7-9)15-3;1-5(4-7)3-6(2)8;1-2/h6-7H,5,8H2,1-4H3;3H,2,4H2,1H3;1-2H3/b;5-3+;. The quantitative estimate of drug-likeness (QED) is 0.255. The molecule has 0 fully saturated rings. The van der Waals surface area contributed by atoms with Gasteiger partial charge in [-0.05, 0) is 37.6 Å². The highest BCUT2D eigenvalue weighted by Gasteiger charge is 2.14. The summed E-state index contributed by atoms with van der Waals surface area (Å²) in [5.41, 5.74) is 3.07. The van der Waals surface area contributed by atoms with Gasteiger partial charge >= 0.3 is 7.48 Å². The van der Waals surface area contributed by atoms with E-state index in [1.54, 1.807) is 28.8 Å². The van der Waals surface area contributed by atoms with Gasteiger partial charge in [0, 0.05) is 29.0 Å². The van der Waals surface area contributed by atoms with Crippen molar-refractivity contribution in [2.75, 3.05) is 33.3 Å². The molecule has 0 aliphatic carbocycles. The maximum Gasteiger partial charge on any atom is 0.337 e. The molecular weight excluding hydrogens is 475 g/mol. The highest BCUT2D eigenvalue weighted by Crippen LogP contribution is 2.20. The number of ether oxygens (including phenoxy) is 3. The largest absolute Gasteiger partial charge is 0.497 e. The molecule has 0 N–H and O–H groups in total. The summed E-state index contributed by atoms with van der Waals surface area (Å²) in [4.78, 5) is 0. The van der Waals surface area contributed by atoms with Gasteiger partial charge in [0.05, 0.1) is 20.8 Å². The van der Waals surface area contributed by atoms with E-state index in [1.807, 2.05) is 45.9 Å². The van der Waals surface area contributed by atoms with Crippen LogP contribution in [0.15, 0.2) is 34.8 Å². The molecule has 0 unspecified atom stereocenters. The van der Waals surface area contributed by atoms with Gasteiger partial charge in [0.15, 0.2) is 0 Å². The molecule has 1 radical (unpaired) electrons. The van der Waals surface area contributed by atoms with E-state index >= 15 is 0 Å². The van der Waals surface area contributed by atoms with Crippen molar-refractivity contribution < 1.29 is 18.9 Å². The number of rotatable bonds is 9. The smallest absolute Gasteiger partial charge is 0.337 e. The lowest BCUT2D eigenvalue weighted by Gasteiger charge is -2.14. The molecule has 0 aliphatic rings. The van der Waals surface area contributed by atoms with Gasteiger partial charge in [-0.1, -0.05) is 57.9 Å². The van der Waals surface area contributed by atoms with E-state index in [1.165, 1.54) is 5.57 Å². The van der Waals surface area contributed by atoms with Crippen LogP contribution in [-0.4, -0.2) is 40.7 Å². The first kappa shape index (κ1) is 28.5. The Balaban J connectivity index is 0. The summed E-state index contributed by atoms with van der Waals surface area (Å²) in [6, 6.07) is 3.84. The number of hydrogen-bond acceptors (Lipinski definition) is 4. The molecule has 153 valence electrons. The first-order valence-corrected chi connectivity index (χ1v) is 10.6. The molecule has 27 heavy (non-hydrogen) atoms. The van der Waals surface area contributed by atoms with Crippen LogP contribution >= 0.6 is 31.9 Å². The molecule has 1 rings (SSSR count). The third kappa shape index (κ3) is 13.1. The second-order valence-electron chi connectivity index (χ2n) is 4.98. The van der Waals surface area contributed by atoms with Crippen LogP contribution < -0.4 is 14.9 Å². The van der Waals surface area contributed by atoms with Gasteiger partial charge in [-0.25, -0.2) is 0 Å². The number of hydrogen-bond donors (Lipinski definition) is 0. The normalized spacial score (nSPS) is 10.0. The Morgan fingerprint density at radius 3 is 1.96 bits per heavy atom. The fraction of sp³-hybridized carbons (Fsp3) is 0.500. The topological polar surface area (TPSA) is 36.9 Å². The van der Waals surface area contributed by atoms with Gasteiger partial charge in [-0.15, -0.1) is 0 Å². The van der Waals surface area contributed by atoms with Crippen molar-refractivity contribution in [3.8, 4) is 11.5 Å². The summed E-state index contributed by atoms with van der Waals surface area (Å²) >= 11 is 6.54. The summed E-state index contributed by atoms with van der Waals surface area (Å²) in [5.74, 6) is 1.42. The molecular formula is C20H32BBr2O4. The van der Waals surface area contributed by atoms with Crippen molar-refractivity contribution in [2.45, 2.75) is 34.3 Å². The Labute approximate surface area is 182 Å². The zero-order valence-corrected chi connectivity index (χ0v) is 20.7. The molecule has 7 heteroatoms. The Morgan fingerprint density at radius 2 is 1.67 bits per heavy atom. The lowest BCUT2D eigenvalue weighted by molar-refractivity contribution is 0.133. The second-order valence-corrected chi connectivity index (χ2v) is 6.56. The predicted molar refractivity (Wildman–Crippen MR) is 124 cm³/mol. The van der Waals surface area contributed by atoms with Crippen LogP contribution in [0.25, 0.3) is 0 Å². The number of benzene rings is 1. The average molecular weight is 507 g/mol. The van der Waals surface area contributed by atoms with Crippen molar-refractivity contribution in [1.29, 1.82) is 0 Å². The molecule has 1 aromatic carbocycles. The third-order valence-corrected chi connectivity index (χ3v) is 4.04. The molecule has 0 bridgehead atoms. The number of allylic oxidation sites excluding steroid dienone is 3. The predicted octanol–water partition coefficient (Wildman–Crippen LogP) is 5.39. The molecule has 0 aromatic heterocycles. The molecule has 0 aliphatic heterocycles. The van der Waals surface area contributed by atoms with E-state index in [2.05, 4.69) is 38.4 Å². The number of methoxy groups -OCH3 is 2.